The Balaban J connectivity index is 1.39. The lowest BCUT2D eigenvalue weighted by molar-refractivity contribution is -0.156. The molecule has 0 unspecified atom stereocenters. The molecule has 1 heterocycles. The first-order valence-corrected chi connectivity index (χ1v) is 16.1. The molecular weight excluding hydrogens is 654 g/mol. The highest BCUT2D eigenvalue weighted by atomic mass is 35.5. The third-order valence-electron chi connectivity index (χ3n) is 9.12. The van der Waals surface area contributed by atoms with Crippen LogP contribution in [0.1, 0.15) is 61.2 Å². The molecule has 3 aliphatic carbocycles. The average molecular weight is 678 g/mol. The number of nitrogens with zero attached hydrogens (tertiary/aromatic N) is 2. The van der Waals surface area contributed by atoms with E-state index in [0.717, 1.165) is 32.3 Å². The van der Waals surface area contributed by atoms with Crippen LogP contribution in [0.5, 0.6) is 0 Å². The van der Waals surface area contributed by atoms with Crippen molar-refractivity contribution in [2.24, 2.45) is 11.8 Å². The molecule has 4 aromatic rings. The first-order valence-electron chi connectivity index (χ1n) is 14.4. The monoisotopic (exact) mass is 676 g/mol. The molecule has 4 aliphatic rings. The van der Waals surface area contributed by atoms with Crippen LogP contribution in [0.4, 0.5) is 0 Å². The summed E-state index contributed by atoms with van der Waals surface area (Å²) >= 11 is 24.9. The van der Waals surface area contributed by atoms with Crippen molar-refractivity contribution in [2.75, 3.05) is 5.88 Å². The fraction of sp³-hybridized carbons (Fsp3) is 0.200. The Kier molecular flexibility index (Phi) is 7.73. The second kappa shape index (κ2) is 11.6. The lowest BCUT2D eigenvalue weighted by Gasteiger charge is -2.45. The van der Waals surface area contributed by atoms with Crippen molar-refractivity contribution in [2.45, 2.75) is 24.3 Å². The topological polar surface area (TPSA) is 74.8 Å². The molecule has 3 amide bonds. The van der Waals surface area contributed by atoms with Gasteiger partial charge in [-0.1, -0.05) is 83.3 Å². The van der Waals surface area contributed by atoms with Crippen LogP contribution in [-0.4, -0.2) is 45.4 Å². The van der Waals surface area contributed by atoms with Crippen molar-refractivity contribution in [1.29, 1.82) is 0 Å². The molecule has 1 fully saturated rings. The maximum absolute atomic E-state index is 14.7. The number of hydrogen-bond donors (Lipinski definition) is 0. The van der Waals surface area contributed by atoms with Crippen molar-refractivity contribution in [3.63, 3.8) is 0 Å². The Morgan fingerprint density at radius 2 is 1.20 bits per heavy atom. The molecule has 8 rings (SSSR count). The highest BCUT2D eigenvalue weighted by Gasteiger charge is 2.63. The second-order valence-corrected chi connectivity index (χ2v) is 13.0. The summed E-state index contributed by atoms with van der Waals surface area (Å²) in [5.74, 6) is -4.78. The van der Waals surface area contributed by atoms with E-state index in [1.165, 1.54) is 30.3 Å². The van der Waals surface area contributed by atoms with Crippen LogP contribution in [-0.2, 0) is 9.59 Å². The maximum Gasteiger partial charge on any atom is 0.275 e. The summed E-state index contributed by atoms with van der Waals surface area (Å²) in [5, 5.41) is 2.60. The van der Waals surface area contributed by atoms with Crippen LogP contribution < -0.4 is 0 Å². The average Bonchev–Trinajstić information content (AvgIpc) is 3.30. The molecule has 4 aromatic carbocycles. The van der Waals surface area contributed by atoms with Gasteiger partial charge in [-0.2, -0.15) is 5.01 Å². The van der Waals surface area contributed by atoms with E-state index >= 15 is 0 Å². The SMILES string of the molecule is O=C(c1ccc(Cl)cc1)[C@H](CCCl)N(C(=O)c1ccc(Cl)cc1Cl)N1C(=O)[C@H]2C3c4ccccc4C(c4ccccc43)[C@@H]2C1=O. The summed E-state index contributed by atoms with van der Waals surface area (Å²) in [6.07, 6.45) is -0.0420. The predicted molar refractivity (Wildman–Crippen MR) is 173 cm³/mol. The molecule has 3 atom stereocenters. The molecule has 0 radical (unpaired) electrons. The molecule has 45 heavy (non-hydrogen) atoms. The Labute approximate surface area is 279 Å². The van der Waals surface area contributed by atoms with Crippen molar-refractivity contribution >= 4 is 69.9 Å². The number of alkyl halides is 1. The van der Waals surface area contributed by atoms with E-state index in [4.69, 9.17) is 46.4 Å². The highest BCUT2D eigenvalue weighted by molar-refractivity contribution is 6.37. The summed E-state index contributed by atoms with van der Waals surface area (Å²) in [6.45, 7) is 0. The minimum atomic E-state index is -1.31. The standard InChI is InChI=1S/C35H24Cl4N2O4/c36-16-15-27(32(42)18-9-11-19(37)12-10-18)40(33(43)25-14-13-20(38)17-26(25)39)41-34(44)30-28-21-5-1-2-6-22(21)29(31(30)35(41)45)24-8-4-3-7-23(24)28/h1-14,17,27-31H,15-16H2/t27-,28?,29?,30-,31-/m0/s1. The normalized spacial score (nSPS) is 21.6. The minimum absolute atomic E-state index is 0.0115. The van der Waals surface area contributed by atoms with E-state index < -0.39 is 53.2 Å². The smallest absolute Gasteiger partial charge is 0.275 e. The number of rotatable bonds is 7. The fourth-order valence-electron chi connectivity index (χ4n) is 7.31. The van der Waals surface area contributed by atoms with Gasteiger partial charge in [-0.15, -0.1) is 11.6 Å². The molecular formula is C35H24Cl4N2O4. The number of hydrogen-bond acceptors (Lipinski definition) is 4. The number of carbonyl (C=O) groups is 4. The molecule has 1 saturated heterocycles. The largest absolute Gasteiger partial charge is 0.292 e. The second-order valence-electron chi connectivity index (χ2n) is 11.4. The van der Waals surface area contributed by atoms with Crippen LogP contribution in [0.2, 0.25) is 15.1 Å². The fourth-order valence-corrected chi connectivity index (χ4v) is 8.13. The van der Waals surface area contributed by atoms with Crippen molar-refractivity contribution < 1.29 is 19.2 Å². The molecule has 6 nitrogen and oxygen atoms in total. The summed E-state index contributed by atoms with van der Waals surface area (Å²) < 4.78 is 0. The zero-order valence-electron chi connectivity index (χ0n) is 23.5. The molecule has 226 valence electrons. The van der Waals surface area contributed by atoms with E-state index in [1.54, 1.807) is 12.1 Å². The van der Waals surface area contributed by atoms with Gasteiger partial charge in [0.1, 0.15) is 6.04 Å². The number of hydrazine groups is 1. The summed E-state index contributed by atoms with van der Waals surface area (Å²) in [7, 11) is 0. The molecule has 1 aliphatic heterocycles. The van der Waals surface area contributed by atoms with E-state index in [1.807, 2.05) is 48.5 Å². The van der Waals surface area contributed by atoms with Gasteiger partial charge >= 0.3 is 0 Å². The highest BCUT2D eigenvalue weighted by Crippen LogP contribution is 2.61. The molecule has 2 bridgehead atoms. The lowest BCUT2D eigenvalue weighted by Crippen LogP contribution is -2.57. The Bertz CT molecular complexity index is 1780. The zero-order chi connectivity index (χ0) is 31.6. The first kappa shape index (κ1) is 30.0. The number of amides is 3. The number of imide groups is 1. The summed E-state index contributed by atoms with van der Waals surface area (Å²) in [5.41, 5.74) is 4.16. The van der Waals surface area contributed by atoms with Gasteiger partial charge in [-0.25, -0.2) is 5.01 Å². The predicted octanol–water partition coefficient (Wildman–Crippen LogP) is 7.78. The number of carbonyl (C=O) groups excluding carboxylic acids is 4. The third-order valence-corrected chi connectivity index (χ3v) is 10.1. The minimum Gasteiger partial charge on any atom is -0.292 e. The van der Waals surface area contributed by atoms with Gasteiger partial charge in [0, 0.05) is 33.3 Å². The Morgan fingerprint density at radius 1 is 0.711 bits per heavy atom. The van der Waals surface area contributed by atoms with Gasteiger partial charge in [0.2, 0.25) is 0 Å². The van der Waals surface area contributed by atoms with Crippen molar-refractivity contribution in [3.05, 3.63) is 139 Å². The number of halogens is 4. The van der Waals surface area contributed by atoms with Crippen molar-refractivity contribution in [3.8, 4) is 0 Å². The van der Waals surface area contributed by atoms with Gasteiger partial charge in [0.15, 0.2) is 5.78 Å². The maximum atomic E-state index is 14.7. The molecule has 0 N–H and O–H groups in total. The summed E-state index contributed by atoms with van der Waals surface area (Å²) in [6, 6.07) is 24.9. The number of Topliss-reactive ketones (excluding diaryl/α,β-unsaturated/α-hetero) is 1. The van der Waals surface area contributed by atoms with E-state index in [2.05, 4.69) is 0 Å². The van der Waals surface area contributed by atoms with Gasteiger partial charge in [-0.3, -0.25) is 19.2 Å². The van der Waals surface area contributed by atoms with Gasteiger partial charge in [-0.05, 0) is 71.1 Å². The lowest BCUT2D eigenvalue weighted by atomic mass is 9.55. The van der Waals surface area contributed by atoms with Crippen LogP contribution in [0.3, 0.4) is 0 Å². The Morgan fingerprint density at radius 3 is 1.67 bits per heavy atom. The third kappa shape index (κ3) is 4.69. The van der Waals surface area contributed by atoms with Gasteiger partial charge < -0.3 is 0 Å². The van der Waals surface area contributed by atoms with Gasteiger partial charge in [0.25, 0.3) is 17.7 Å². The van der Waals surface area contributed by atoms with Gasteiger partial charge in [0.05, 0.1) is 22.4 Å². The molecule has 0 saturated carbocycles. The first-order chi connectivity index (χ1) is 21.7. The van der Waals surface area contributed by atoms with Crippen molar-refractivity contribution in [1.82, 2.24) is 10.0 Å². The van der Waals surface area contributed by atoms with Crippen LogP contribution in [0.25, 0.3) is 0 Å². The van der Waals surface area contributed by atoms with E-state index in [-0.39, 0.29) is 28.5 Å². The number of benzene rings is 4. The quantitative estimate of drug-likeness (QED) is 0.114. The Hall–Kier alpha value is -3.68. The number of ketones is 1. The molecule has 0 aromatic heterocycles. The molecule has 10 heteroatoms. The van der Waals surface area contributed by atoms with Crippen LogP contribution in [0.15, 0.2) is 91.0 Å². The van der Waals surface area contributed by atoms with Crippen LogP contribution >= 0.6 is 46.4 Å². The van der Waals surface area contributed by atoms with E-state index in [0.29, 0.717) is 10.0 Å². The van der Waals surface area contributed by atoms with E-state index in [9.17, 15) is 19.2 Å². The summed E-state index contributed by atoms with van der Waals surface area (Å²) in [4.78, 5) is 58.0. The molecule has 0 spiro atoms. The van der Waals surface area contributed by atoms with Crippen LogP contribution in [0, 0.1) is 11.8 Å². The zero-order valence-corrected chi connectivity index (χ0v) is 26.5.